The third-order valence-electron chi connectivity index (χ3n) is 2.60. The molecule has 1 rings (SSSR count). The van der Waals surface area contributed by atoms with Gasteiger partial charge in [0.05, 0.1) is 0 Å². The lowest BCUT2D eigenvalue weighted by Gasteiger charge is -2.04. The lowest BCUT2D eigenvalue weighted by molar-refractivity contribution is -0.478. The summed E-state index contributed by atoms with van der Waals surface area (Å²) in [7, 11) is 0. The van der Waals surface area contributed by atoms with E-state index >= 15 is 0 Å². The SMILES string of the molecule is CC(N)=C(C)C(=N)[NH2+]C1=CC=CC(C)C=C1. The molecule has 0 fully saturated rings. The van der Waals surface area contributed by atoms with Gasteiger partial charge < -0.3 is 5.73 Å². The normalized spacial score (nSPS) is 21.2. The molecule has 0 radical (unpaired) electrons. The van der Waals surface area contributed by atoms with E-state index in [0.717, 1.165) is 11.3 Å². The monoisotopic (exact) mass is 218 g/mol. The van der Waals surface area contributed by atoms with E-state index in [2.05, 4.69) is 19.1 Å². The fourth-order valence-electron chi connectivity index (χ4n) is 1.31. The van der Waals surface area contributed by atoms with Crippen molar-refractivity contribution in [2.45, 2.75) is 20.8 Å². The van der Waals surface area contributed by atoms with Crippen LogP contribution < -0.4 is 11.1 Å². The Morgan fingerprint density at radius 3 is 2.69 bits per heavy atom. The lowest BCUT2D eigenvalue weighted by Crippen LogP contribution is -2.85. The number of nitrogens with two attached hydrogens (primary N) is 2. The van der Waals surface area contributed by atoms with Crippen LogP contribution in [-0.4, -0.2) is 5.84 Å². The van der Waals surface area contributed by atoms with Gasteiger partial charge in [0.15, 0.2) is 0 Å². The standard InChI is InChI=1S/C13H19N3/c1-9-5-4-6-12(8-7-9)16-13(15)10(2)11(3)14/h4-9H,14H2,1-3H3,(H2,15,16)/p+1. The topological polar surface area (TPSA) is 66.5 Å². The van der Waals surface area contributed by atoms with Crippen molar-refractivity contribution in [1.82, 2.24) is 0 Å². The summed E-state index contributed by atoms with van der Waals surface area (Å²) in [6, 6.07) is 0. The summed E-state index contributed by atoms with van der Waals surface area (Å²) in [6.07, 6.45) is 10.3. The summed E-state index contributed by atoms with van der Waals surface area (Å²) in [5.41, 5.74) is 8.22. The minimum absolute atomic E-state index is 0.448. The van der Waals surface area contributed by atoms with Crippen LogP contribution in [0.15, 0.2) is 47.3 Å². The first kappa shape index (κ1) is 12.5. The molecule has 0 bridgehead atoms. The number of hydrogen-bond donors (Lipinski definition) is 3. The minimum atomic E-state index is 0.448. The van der Waals surface area contributed by atoms with Crippen molar-refractivity contribution in [2.24, 2.45) is 11.7 Å². The smallest absolute Gasteiger partial charge is 0.226 e. The molecular weight excluding hydrogens is 198 g/mol. The summed E-state index contributed by atoms with van der Waals surface area (Å²) in [5, 5.41) is 9.73. The van der Waals surface area contributed by atoms with E-state index in [-0.39, 0.29) is 0 Å². The molecule has 0 aromatic carbocycles. The highest BCUT2D eigenvalue weighted by atomic mass is 14.9. The molecule has 0 aromatic heterocycles. The molecule has 0 saturated carbocycles. The van der Waals surface area contributed by atoms with Crippen LogP contribution in [0.4, 0.5) is 0 Å². The summed E-state index contributed by atoms with van der Waals surface area (Å²) in [4.78, 5) is 0. The summed E-state index contributed by atoms with van der Waals surface area (Å²) in [5.74, 6) is 0.920. The highest BCUT2D eigenvalue weighted by Gasteiger charge is 2.09. The predicted molar refractivity (Wildman–Crippen MR) is 67.7 cm³/mol. The van der Waals surface area contributed by atoms with Crippen LogP contribution in [-0.2, 0) is 0 Å². The Hall–Kier alpha value is -1.61. The Labute approximate surface area is 96.9 Å². The highest BCUT2D eigenvalue weighted by molar-refractivity contribution is 5.88. The predicted octanol–water partition coefficient (Wildman–Crippen LogP) is 1.43. The molecule has 3 nitrogen and oxygen atoms in total. The Balaban J connectivity index is 2.73. The molecule has 0 aromatic rings. The average molecular weight is 218 g/mol. The van der Waals surface area contributed by atoms with Crippen LogP contribution in [0.5, 0.6) is 0 Å². The van der Waals surface area contributed by atoms with Crippen LogP contribution in [0.1, 0.15) is 20.8 Å². The first-order valence-corrected chi connectivity index (χ1v) is 5.44. The van der Waals surface area contributed by atoms with Crippen molar-refractivity contribution in [2.75, 3.05) is 0 Å². The van der Waals surface area contributed by atoms with Crippen LogP contribution in [0, 0.1) is 11.3 Å². The van der Waals surface area contributed by atoms with Crippen LogP contribution in [0.25, 0.3) is 0 Å². The van der Waals surface area contributed by atoms with Crippen LogP contribution in [0.3, 0.4) is 0 Å². The Morgan fingerprint density at radius 1 is 1.38 bits per heavy atom. The molecule has 5 N–H and O–H groups in total. The number of nitrogens with one attached hydrogen (secondary N) is 1. The van der Waals surface area contributed by atoms with E-state index in [0.29, 0.717) is 17.5 Å². The van der Waals surface area contributed by atoms with E-state index in [1.54, 1.807) is 0 Å². The fourth-order valence-corrected chi connectivity index (χ4v) is 1.31. The van der Waals surface area contributed by atoms with Crippen LogP contribution >= 0.6 is 0 Å². The third kappa shape index (κ3) is 3.51. The van der Waals surface area contributed by atoms with Crippen molar-refractivity contribution >= 4 is 5.84 Å². The maximum absolute atomic E-state index is 7.89. The van der Waals surface area contributed by atoms with Gasteiger partial charge in [-0.05, 0) is 31.9 Å². The van der Waals surface area contributed by atoms with E-state index in [4.69, 9.17) is 11.1 Å². The second-order valence-corrected chi connectivity index (χ2v) is 4.14. The largest absolute Gasteiger partial charge is 0.402 e. The highest BCUT2D eigenvalue weighted by Crippen LogP contribution is 2.05. The number of rotatable bonds is 2. The molecule has 1 aliphatic rings. The number of quaternary nitrogens is 1. The molecule has 0 amide bonds. The van der Waals surface area contributed by atoms with Gasteiger partial charge in [-0.3, -0.25) is 10.7 Å². The third-order valence-corrected chi connectivity index (χ3v) is 2.60. The van der Waals surface area contributed by atoms with Gasteiger partial charge in [-0.2, -0.15) is 0 Å². The summed E-state index contributed by atoms with van der Waals surface area (Å²) in [6.45, 7) is 5.81. The summed E-state index contributed by atoms with van der Waals surface area (Å²) < 4.78 is 0. The molecule has 1 unspecified atom stereocenters. The quantitative estimate of drug-likeness (QED) is 0.476. The molecule has 86 valence electrons. The molecule has 1 aliphatic carbocycles. The molecule has 0 spiro atoms. The molecule has 0 aliphatic heterocycles. The number of hydrogen-bond acceptors (Lipinski definition) is 2. The van der Waals surface area contributed by atoms with Gasteiger partial charge in [-0.25, -0.2) is 0 Å². The van der Waals surface area contributed by atoms with Crippen molar-refractivity contribution in [3.8, 4) is 0 Å². The van der Waals surface area contributed by atoms with Gasteiger partial charge in [0.2, 0.25) is 5.84 Å². The van der Waals surface area contributed by atoms with Crippen molar-refractivity contribution in [3.05, 3.63) is 47.3 Å². The molecule has 16 heavy (non-hydrogen) atoms. The molecule has 0 heterocycles. The zero-order chi connectivity index (χ0) is 12.1. The average Bonchev–Trinajstić information content (AvgIpc) is 2.42. The maximum atomic E-state index is 7.89. The molecule has 0 saturated heterocycles. The molecule has 1 atom stereocenters. The Bertz CT molecular complexity index is 393. The summed E-state index contributed by atoms with van der Waals surface area (Å²) >= 11 is 0. The first-order valence-electron chi connectivity index (χ1n) is 5.44. The number of allylic oxidation sites excluding steroid dienone is 6. The minimum Gasteiger partial charge on any atom is -0.402 e. The molecule has 3 heteroatoms. The van der Waals surface area contributed by atoms with E-state index < -0.39 is 0 Å². The van der Waals surface area contributed by atoms with Gasteiger partial charge in [0, 0.05) is 11.3 Å². The zero-order valence-electron chi connectivity index (χ0n) is 10.1. The van der Waals surface area contributed by atoms with Gasteiger partial charge in [0.1, 0.15) is 5.70 Å². The van der Waals surface area contributed by atoms with Gasteiger partial charge in [-0.15, -0.1) is 0 Å². The zero-order valence-corrected chi connectivity index (χ0v) is 10.1. The molecular formula is C13H20N3+. The van der Waals surface area contributed by atoms with E-state index in [9.17, 15) is 0 Å². The lowest BCUT2D eigenvalue weighted by atomic mass is 10.1. The second-order valence-electron chi connectivity index (χ2n) is 4.14. The van der Waals surface area contributed by atoms with Gasteiger partial charge in [0.25, 0.3) is 0 Å². The number of amidine groups is 1. The van der Waals surface area contributed by atoms with E-state index in [1.807, 2.05) is 37.4 Å². The Kier molecular flexibility index (Phi) is 4.26. The van der Waals surface area contributed by atoms with E-state index in [1.165, 1.54) is 0 Å². The second kappa shape index (κ2) is 5.47. The first-order chi connectivity index (χ1) is 7.50. The van der Waals surface area contributed by atoms with Crippen LogP contribution in [0.2, 0.25) is 0 Å². The van der Waals surface area contributed by atoms with Gasteiger partial charge >= 0.3 is 0 Å². The van der Waals surface area contributed by atoms with Crippen molar-refractivity contribution < 1.29 is 5.32 Å². The van der Waals surface area contributed by atoms with Crippen molar-refractivity contribution in [3.63, 3.8) is 0 Å². The maximum Gasteiger partial charge on any atom is 0.226 e. The fraction of sp³-hybridized carbons (Fsp3) is 0.308. The Morgan fingerprint density at radius 2 is 2.06 bits per heavy atom. The van der Waals surface area contributed by atoms with Gasteiger partial charge in [-0.1, -0.05) is 25.2 Å². The van der Waals surface area contributed by atoms with Crippen molar-refractivity contribution in [1.29, 1.82) is 5.41 Å².